The molecule has 4 nitrogen and oxygen atoms in total. The Morgan fingerprint density at radius 2 is 1.41 bits per heavy atom. The first-order valence-corrected chi connectivity index (χ1v) is 14.7. The highest BCUT2D eigenvalue weighted by atomic mass is 16.5. The van der Waals surface area contributed by atoms with Gasteiger partial charge in [0.2, 0.25) is 11.2 Å². The van der Waals surface area contributed by atoms with Crippen molar-refractivity contribution in [1.29, 1.82) is 0 Å². The molecular weight excluding hydrogens is 502 g/mol. The van der Waals surface area contributed by atoms with Crippen LogP contribution < -0.4 is 13.9 Å². The van der Waals surface area contributed by atoms with Gasteiger partial charge in [0, 0.05) is 12.1 Å². The third-order valence-electron chi connectivity index (χ3n) is 9.39. The average Bonchev–Trinajstić information content (AvgIpc) is 3.60. The van der Waals surface area contributed by atoms with Crippen LogP contribution in [-0.2, 0) is 5.54 Å². The summed E-state index contributed by atoms with van der Waals surface area (Å²) in [6.45, 7) is 9.16. The molecule has 4 aromatic carbocycles. The van der Waals surface area contributed by atoms with Crippen molar-refractivity contribution in [2.45, 2.75) is 45.1 Å². The topological polar surface area (TPSA) is 21.9 Å². The summed E-state index contributed by atoms with van der Waals surface area (Å²) in [5, 5.41) is 0. The van der Waals surface area contributed by atoms with Gasteiger partial charge in [-0.25, -0.2) is 0 Å². The first-order chi connectivity index (χ1) is 20.0. The van der Waals surface area contributed by atoms with Crippen LogP contribution in [-0.4, -0.2) is 4.57 Å². The molecule has 3 aliphatic heterocycles. The Kier molecular flexibility index (Phi) is 4.35. The fraction of sp³-hybridized carbons (Fsp3) is 0.189. The van der Waals surface area contributed by atoms with E-state index in [0.717, 1.165) is 28.2 Å². The van der Waals surface area contributed by atoms with Gasteiger partial charge in [-0.1, -0.05) is 64.1 Å². The monoisotopic (exact) mass is 533 g/mol. The number of hydrogen-bond acceptors (Lipinski definition) is 1. The Balaban J connectivity index is 1.53. The Hall–Kier alpha value is -4.70. The van der Waals surface area contributed by atoms with Crippen LogP contribution in [0.15, 0.2) is 103 Å². The fourth-order valence-electron chi connectivity index (χ4n) is 7.55. The summed E-state index contributed by atoms with van der Waals surface area (Å²) in [6, 6.07) is 35.7. The van der Waals surface area contributed by atoms with E-state index in [4.69, 9.17) is 4.74 Å². The second kappa shape index (κ2) is 7.73. The Labute approximate surface area is 239 Å². The van der Waals surface area contributed by atoms with Crippen molar-refractivity contribution in [2.24, 2.45) is 0 Å². The minimum atomic E-state index is -0.561. The van der Waals surface area contributed by atoms with E-state index in [1.54, 1.807) is 0 Å². The molecule has 0 bridgehead atoms. The maximum atomic E-state index is 6.67. The quantitative estimate of drug-likeness (QED) is 0.214. The van der Waals surface area contributed by atoms with Crippen molar-refractivity contribution < 1.29 is 13.9 Å². The van der Waals surface area contributed by atoms with Gasteiger partial charge in [0.25, 0.3) is 0 Å². The zero-order valence-corrected chi connectivity index (χ0v) is 23.7. The van der Waals surface area contributed by atoms with Gasteiger partial charge in [-0.15, -0.1) is 0 Å². The zero-order chi connectivity index (χ0) is 27.6. The van der Waals surface area contributed by atoms with Gasteiger partial charge in [0.1, 0.15) is 5.69 Å². The summed E-state index contributed by atoms with van der Waals surface area (Å²) in [5.41, 5.74) is 11.8. The predicted molar refractivity (Wildman–Crippen MR) is 160 cm³/mol. The molecule has 0 saturated heterocycles. The lowest BCUT2D eigenvalue weighted by Gasteiger charge is -2.21. The number of benzene rings is 4. The molecule has 1 atom stereocenters. The highest BCUT2D eigenvalue weighted by Gasteiger charge is 2.69. The van der Waals surface area contributed by atoms with Gasteiger partial charge in [-0.2, -0.15) is 13.7 Å². The molecule has 0 radical (unpaired) electrons. The predicted octanol–water partition coefficient (Wildman–Crippen LogP) is 7.68. The van der Waals surface area contributed by atoms with Crippen molar-refractivity contribution in [1.82, 2.24) is 4.57 Å². The molecule has 9 rings (SSSR count). The molecule has 6 aromatic rings. The molecule has 0 aliphatic carbocycles. The molecule has 0 amide bonds. The second-order valence-electron chi connectivity index (χ2n) is 12.3. The van der Waals surface area contributed by atoms with Gasteiger partial charge in [-0.3, -0.25) is 0 Å². The fourth-order valence-corrected chi connectivity index (χ4v) is 7.55. The molecule has 1 unspecified atom stereocenters. The summed E-state index contributed by atoms with van der Waals surface area (Å²) in [7, 11) is 0. The van der Waals surface area contributed by atoms with Crippen molar-refractivity contribution in [3.63, 3.8) is 0 Å². The van der Waals surface area contributed by atoms with E-state index < -0.39 is 5.54 Å². The van der Waals surface area contributed by atoms with Crippen LogP contribution >= 0.6 is 0 Å². The number of fused-ring (bicyclic) bond motifs is 7. The number of imidazole rings is 1. The number of pyridine rings is 1. The van der Waals surface area contributed by atoms with E-state index in [-0.39, 0.29) is 0 Å². The largest absolute Gasteiger partial charge is 0.448 e. The summed E-state index contributed by atoms with van der Waals surface area (Å²) >= 11 is 0. The van der Waals surface area contributed by atoms with E-state index in [9.17, 15) is 0 Å². The molecule has 3 aliphatic rings. The molecule has 0 fully saturated rings. The van der Waals surface area contributed by atoms with Crippen LogP contribution in [0, 0.1) is 0 Å². The second-order valence-corrected chi connectivity index (χ2v) is 12.3. The highest BCUT2D eigenvalue weighted by molar-refractivity contribution is 5.86. The average molecular weight is 534 g/mol. The van der Waals surface area contributed by atoms with E-state index in [1.807, 2.05) is 0 Å². The number of hydrogen-bond donors (Lipinski definition) is 0. The molecular formula is C37H31N3O+2. The van der Waals surface area contributed by atoms with Crippen LogP contribution in [0.25, 0.3) is 33.7 Å². The molecule has 41 heavy (non-hydrogen) atoms. The third kappa shape index (κ3) is 2.66. The lowest BCUT2D eigenvalue weighted by molar-refractivity contribution is -0.733. The summed E-state index contributed by atoms with van der Waals surface area (Å²) in [6.07, 6.45) is 2.26. The molecule has 0 saturated carbocycles. The maximum absolute atomic E-state index is 6.67. The number of ether oxygens (including phenoxy) is 1. The first-order valence-electron chi connectivity index (χ1n) is 14.7. The smallest absolute Gasteiger partial charge is 0.352 e. The Morgan fingerprint density at radius 3 is 2.22 bits per heavy atom. The normalized spacial score (nSPS) is 17.0. The molecule has 1 spiro atoms. The minimum absolute atomic E-state index is 0.421. The van der Waals surface area contributed by atoms with Crippen LogP contribution in [0.3, 0.4) is 0 Å². The number of rotatable bonds is 3. The van der Waals surface area contributed by atoms with E-state index >= 15 is 0 Å². The zero-order valence-electron chi connectivity index (χ0n) is 23.7. The van der Waals surface area contributed by atoms with Crippen molar-refractivity contribution in [2.75, 3.05) is 0 Å². The van der Waals surface area contributed by atoms with Gasteiger partial charge in [0.05, 0.1) is 16.7 Å². The van der Waals surface area contributed by atoms with E-state index in [2.05, 4.69) is 145 Å². The molecule has 0 N–H and O–H groups in total. The SMILES string of the molecule is CC(C)c1cc(C(C)C)cc(-n2c3[n+]4c5c(cccc52)Oc2cccc(c2-4)C32c3ccccc3-c3cccc[n+]32)c1. The molecule has 2 aromatic heterocycles. The van der Waals surface area contributed by atoms with Gasteiger partial charge in [-0.05, 0) is 71.5 Å². The van der Waals surface area contributed by atoms with Crippen LogP contribution in [0.1, 0.15) is 67.6 Å². The number of nitrogens with zero attached hydrogens (tertiary/aromatic N) is 3. The van der Waals surface area contributed by atoms with Crippen molar-refractivity contribution >= 4 is 11.0 Å². The molecule has 5 heterocycles. The number of para-hydroxylation sites is 2. The summed E-state index contributed by atoms with van der Waals surface area (Å²) < 4.78 is 14.2. The van der Waals surface area contributed by atoms with Crippen LogP contribution in [0.5, 0.6) is 11.5 Å². The Bertz CT molecular complexity index is 2030. The summed E-state index contributed by atoms with van der Waals surface area (Å²) in [5.74, 6) is 3.88. The number of aromatic nitrogens is 3. The standard InChI is InChI=1S/C37H31N3O/c1-22(2)24-19-25(23(3)4)21-26(20-24)39-31-15-10-17-33-35(31)40-34-29(13-9-16-32(34)41-33)37(36(39)40)28-12-6-5-11-27(28)30-14-7-8-18-38(30)37/h5-23H,1-4H3/q+2. The third-order valence-corrected chi connectivity index (χ3v) is 9.39. The van der Waals surface area contributed by atoms with Gasteiger partial charge >= 0.3 is 11.4 Å². The Morgan fingerprint density at radius 1 is 0.707 bits per heavy atom. The van der Waals surface area contributed by atoms with Gasteiger partial charge in [0.15, 0.2) is 28.9 Å². The van der Waals surface area contributed by atoms with Crippen LogP contribution in [0.4, 0.5) is 0 Å². The first kappa shape index (κ1) is 23.0. The summed E-state index contributed by atoms with van der Waals surface area (Å²) in [4.78, 5) is 0. The van der Waals surface area contributed by atoms with Gasteiger partial charge < -0.3 is 4.74 Å². The van der Waals surface area contributed by atoms with Crippen LogP contribution in [0.2, 0.25) is 0 Å². The minimum Gasteiger partial charge on any atom is -0.448 e. The van der Waals surface area contributed by atoms with E-state index in [0.29, 0.717) is 11.8 Å². The molecule has 198 valence electrons. The lowest BCUT2D eigenvalue weighted by Crippen LogP contribution is -2.57. The van der Waals surface area contributed by atoms with Crippen molar-refractivity contribution in [3.05, 3.63) is 131 Å². The van der Waals surface area contributed by atoms with E-state index in [1.165, 1.54) is 45.0 Å². The molecule has 4 heteroatoms. The van der Waals surface area contributed by atoms with Crippen molar-refractivity contribution in [3.8, 4) is 34.1 Å². The lowest BCUT2D eigenvalue weighted by atomic mass is 9.82. The highest BCUT2D eigenvalue weighted by Crippen LogP contribution is 2.54. The maximum Gasteiger partial charge on any atom is 0.352 e.